The molecule has 1 atom stereocenters. The van der Waals surface area contributed by atoms with Crippen LogP contribution in [0.15, 0.2) is 18.2 Å². The van der Waals surface area contributed by atoms with Crippen LogP contribution in [-0.4, -0.2) is 47.8 Å². The van der Waals surface area contributed by atoms with Crippen LogP contribution in [0.2, 0.25) is 0 Å². The van der Waals surface area contributed by atoms with Gasteiger partial charge in [0.2, 0.25) is 0 Å². The third-order valence-corrected chi connectivity index (χ3v) is 4.24. The highest BCUT2D eigenvalue weighted by Crippen LogP contribution is 2.29. The highest BCUT2D eigenvalue weighted by atomic mass is 19.1. The van der Waals surface area contributed by atoms with Crippen molar-refractivity contribution in [2.45, 2.75) is 52.2 Å². The van der Waals surface area contributed by atoms with E-state index in [-0.39, 0.29) is 24.4 Å². The Bertz CT molecular complexity index is 557. The van der Waals surface area contributed by atoms with Crippen LogP contribution in [-0.2, 0) is 0 Å². The number of hydrogen-bond donors (Lipinski definition) is 2. The molecule has 6 heteroatoms. The Balaban J connectivity index is 2.20. The molecule has 0 radical (unpaired) electrons. The van der Waals surface area contributed by atoms with Crippen LogP contribution in [0.25, 0.3) is 0 Å². The minimum absolute atomic E-state index is 0.0633. The summed E-state index contributed by atoms with van der Waals surface area (Å²) in [5, 5.41) is 12.4. The Hall–Kier alpha value is -1.82. The predicted octanol–water partition coefficient (Wildman–Crippen LogP) is 3.44. The molecule has 1 fully saturated rings. The Morgan fingerprint density at radius 1 is 1.29 bits per heavy atom. The molecule has 0 aliphatic carbocycles. The number of aliphatic hydroxyl groups is 1. The summed E-state index contributed by atoms with van der Waals surface area (Å²) in [6.45, 7) is 7.48. The van der Waals surface area contributed by atoms with Crippen LogP contribution >= 0.6 is 0 Å². The highest BCUT2D eigenvalue weighted by molar-refractivity contribution is 5.93. The number of hydrogen-bond acceptors (Lipinski definition) is 3. The van der Waals surface area contributed by atoms with Gasteiger partial charge in [0.25, 0.3) is 0 Å². The lowest BCUT2D eigenvalue weighted by Gasteiger charge is -2.32. The maximum Gasteiger partial charge on any atom is 0.322 e. The Morgan fingerprint density at radius 3 is 2.54 bits per heavy atom. The number of benzene rings is 1. The van der Waals surface area contributed by atoms with Gasteiger partial charge in [0.15, 0.2) is 0 Å². The molecule has 2 N–H and O–H groups in total. The van der Waals surface area contributed by atoms with E-state index >= 15 is 0 Å². The number of anilines is 2. The maximum atomic E-state index is 13.7. The topological polar surface area (TPSA) is 55.8 Å². The maximum absolute atomic E-state index is 13.7. The second-order valence-electron chi connectivity index (χ2n) is 6.73. The molecule has 0 saturated carbocycles. The van der Waals surface area contributed by atoms with Crippen molar-refractivity contribution < 1.29 is 14.3 Å². The molecule has 0 aromatic heterocycles. The zero-order valence-electron chi connectivity index (χ0n) is 14.8. The van der Waals surface area contributed by atoms with Gasteiger partial charge in [-0.15, -0.1) is 0 Å². The molecule has 1 aromatic carbocycles. The quantitative estimate of drug-likeness (QED) is 0.865. The summed E-state index contributed by atoms with van der Waals surface area (Å²) in [6, 6.07) is 4.13. The zero-order chi connectivity index (χ0) is 17.7. The Kier molecular flexibility index (Phi) is 6.43. The van der Waals surface area contributed by atoms with E-state index in [1.807, 2.05) is 13.8 Å². The number of halogens is 1. The smallest absolute Gasteiger partial charge is 0.322 e. The number of urea groups is 1. The van der Waals surface area contributed by atoms with E-state index in [1.54, 1.807) is 17.9 Å². The van der Waals surface area contributed by atoms with Crippen molar-refractivity contribution in [2.75, 3.05) is 29.9 Å². The standard InChI is InChI=1S/C18H28FN3O2/c1-13(2)22(12-14(3)23)18(24)20-16-11-15(19)7-8-17(16)21-9-5-4-6-10-21/h7-8,11,13-14,23H,4-6,9-10,12H2,1-3H3,(H,20,24). The van der Waals surface area contributed by atoms with Crippen LogP contribution in [0.4, 0.5) is 20.6 Å². The van der Waals surface area contributed by atoms with Gasteiger partial charge in [-0.25, -0.2) is 9.18 Å². The predicted molar refractivity (Wildman–Crippen MR) is 95.0 cm³/mol. The minimum Gasteiger partial charge on any atom is -0.392 e. The average Bonchev–Trinajstić information content (AvgIpc) is 2.53. The largest absolute Gasteiger partial charge is 0.392 e. The number of nitrogens with one attached hydrogen (secondary N) is 1. The molecular weight excluding hydrogens is 309 g/mol. The first-order chi connectivity index (χ1) is 11.4. The van der Waals surface area contributed by atoms with E-state index in [4.69, 9.17) is 0 Å². The number of aliphatic hydroxyl groups excluding tert-OH is 1. The first-order valence-corrected chi connectivity index (χ1v) is 8.68. The lowest BCUT2D eigenvalue weighted by molar-refractivity contribution is 0.125. The van der Waals surface area contributed by atoms with Gasteiger partial charge in [-0.05, 0) is 58.2 Å². The number of amides is 2. The van der Waals surface area contributed by atoms with E-state index in [9.17, 15) is 14.3 Å². The van der Waals surface area contributed by atoms with Crippen molar-refractivity contribution >= 4 is 17.4 Å². The van der Waals surface area contributed by atoms with Crippen molar-refractivity contribution in [3.05, 3.63) is 24.0 Å². The fourth-order valence-electron chi connectivity index (χ4n) is 3.02. The van der Waals surface area contributed by atoms with Crippen LogP contribution in [0.3, 0.4) is 0 Å². The van der Waals surface area contributed by atoms with E-state index in [1.165, 1.54) is 18.6 Å². The van der Waals surface area contributed by atoms with Crippen LogP contribution in [0.1, 0.15) is 40.0 Å². The van der Waals surface area contributed by atoms with Crippen LogP contribution in [0.5, 0.6) is 0 Å². The molecule has 24 heavy (non-hydrogen) atoms. The van der Waals surface area contributed by atoms with Crippen molar-refractivity contribution in [3.63, 3.8) is 0 Å². The molecule has 1 saturated heterocycles. The lowest BCUT2D eigenvalue weighted by Crippen LogP contribution is -2.44. The summed E-state index contributed by atoms with van der Waals surface area (Å²) in [5.74, 6) is -0.377. The Labute approximate surface area is 143 Å². The first kappa shape index (κ1) is 18.5. The zero-order valence-corrected chi connectivity index (χ0v) is 14.8. The van der Waals surface area contributed by atoms with Gasteiger partial charge in [-0.2, -0.15) is 0 Å². The van der Waals surface area contributed by atoms with E-state index in [0.717, 1.165) is 31.6 Å². The van der Waals surface area contributed by atoms with Gasteiger partial charge < -0.3 is 20.2 Å². The van der Waals surface area contributed by atoms with Gasteiger partial charge in [-0.1, -0.05) is 0 Å². The SMILES string of the molecule is CC(O)CN(C(=O)Nc1cc(F)ccc1N1CCCCC1)C(C)C. The third kappa shape index (κ3) is 4.84. The molecule has 1 unspecified atom stereocenters. The molecule has 0 spiro atoms. The number of rotatable bonds is 5. The lowest BCUT2D eigenvalue weighted by atomic mass is 10.1. The fourth-order valence-corrected chi connectivity index (χ4v) is 3.02. The molecule has 2 amide bonds. The normalized spacial score (nSPS) is 16.2. The summed E-state index contributed by atoms with van der Waals surface area (Å²) in [7, 11) is 0. The fraction of sp³-hybridized carbons (Fsp3) is 0.611. The summed E-state index contributed by atoms with van der Waals surface area (Å²) in [4.78, 5) is 16.3. The molecule has 0 bridgehead atoms. The van der Waals surface area contributed by atoms with Gasteiger partial charge in [0, 0.05) is 25.7 Å². The molecule has 5 nitrogen and oxygen atoms in total. The van der Waals surface area contributed by atoms with Gasteiger partial charge >= 0.3 is 6.03 Å². The van der Waals surface area contributed by atoms with E-state index < -0.39 is 6.10 Å². The highest BCUT2D eigenvalue weighted by Gasteiger charge is 2.22. The third-order valence-electron chi connectivity index (χ3n) is 4.24. The number of carbonyl (C=O) groups excluding carboxylic acids is 1. The number of piperidine rings is 1. The second-order valence-corrected chi connectivity index (χ2v) is 6.73. The van der Waals surface area contributed by atoms with Crippen LogP contribution < -0.4 is 10.2 Å². The molecular formula is C18H28FN3O2. The molecule has 134 valence electrons. The van der Waals surface area contributed by atoms with E-state index in [0.29, 0.717) is 5.69 Å². The van der Waals surface area contributed by atoms with E-state index in [2.05, 4.69) is 10.2 Å². The molecule has 1 heterocycles. The first-order valence-electron chi connectivity index (χ1n) is 8.68. The summed E-state index contributed by atoms with van der Waals surface area (Å²) in [5.41, 5.74) is 1.34. The molecule has 1 aromatic rings. The van der Waals surface area contributed by atoms with Crippen molar-refractivity contribution in [1.29, 1.82) is 0 Å². The van der Waals surface area contributed by atoms with Crippen molar-refractivity contribution in [3.8, 4) is 0 Å². The van der Waals surface area contributed by atoms with Gasteiger partial charge in [0.1, 0.15) is 5.82 Å². The molecule has 1 aliphatic rings. The molecule has 2 rings (SSSR count). The van der Waals surface area contributed by atoms with Crippen molar-refractivity contribution in [2.24, 2.45) is 0 Å². The Morgan fingerprint density at radius 2 is 1.96 bits per heavy atom. The monoisotopic (exact) mass is 337 g/mol. The van der Waals surface area contributed by atoms with Crippen molar-refractivity contribution in [1.82, 2.24) is 4.90 Å². The average molecular weight is 337 g/mol. The number of carbonyl (C=O) groups is 1. The summed E-state index contributed by atoms with van der Waals surface area (Å²) < 4.78 is 13.7. The summed E-state index contributed by atoms with van der Waals surface area (Å²) in [6.07, 6.45) is 2.79. The van der Waals surface area contributed by atoms with Gasteiger partial charge in [-0.3, -0.25) is 0 Å². The van der Waals surface area contributed by atoms with Gasteiger partial charge in [0.05, 0.1) is 17.5 Å². The number of nitrogens with zero attached hydrogens (tertiary/aromatic N) is 2. The second kappa shape index (κ2) is 8.33. The minimum atomic E-state index is -0.618. The molecule has 1 aliphatic heterocycles. The van der Waals surface area contributed by atoms with Crippen LogP contribution in [0, 0.1) is 5.82 Å². The summed E-state index contributed by atoms with van der Waals surface area (Å²) >= 11 is 0.